The summed E-state index contributed by atoms with van der Waals surface area (Å²) in [5.41, 5.74) is 8.06. The van der Waals surface area contributed by atoms with Crippen molar-refractivity contribution >= 4 is 5.69 Å². The first-order chi connectivity index (χ1) is 10.2. The molecule has 4 heteroatoms. The number of likely N-dealkylation sites (N-methyl/N-ethyl adjacent to an activating group) is 1. The smallest absolute Gasteiger partial charge is 0.119 e. The first-order valence-corrected chi connectivity index (χ1v) is 7.00. The Morgan fingerprint density at radius 3 is 2.33 bits per heavy atom. The van der Waals surface area contributed by atoms with Crippen molar-refractivity contribution in [2.45, 2.75) is 6.54 Å². The first-order valence-electron chi connectivity index (χ1n) is 7.00. The Bertz CT molecular complexity index is 555. The molecule has 0 saturated heterocycles. The number of para-hydroxylation sites is 1. The van der Waals surface area contributed by atoms with Gasteiger partial charge in [-0.15, -0.1) is 0 Å². The lowest BCUT2D eigenvalue weighted by atomic mass is 10.1. The Morgan fingerprint density at radius 1 is 1.00 bits per heavy atom. The minimum absolute atomic E-state index is 0.542. The fourth-order valence-corrected chi connectivity index (χ4v) is 2.15. The number of nitrogens with two attached hydrogens (primary N) is 1. The van der Waals surface area contributed by atoms with E-state index < -0.39 is 0 Å². The van der Waals surface area contributed by atoms with Gasteiger partial charge in [-0.05, 0) is 35.9 Å². The molecule has 4 nitrogen and oxygen atoms in total. The van der Waals surface area contributed by atoms with Crippen LogP contribution in [0.15, 0.2) is 48.5 Å². The van der Waals surface area contributed by atoms with Crippen LogP contribution in [-0.2, 0) is 6.54 Å². The molecule has 0 heterocycles. The zero-order valence-electron chi connectivity index (χ0n) is 12.6. The van der Waals surface area contributed by atoms with Gasteiger partial charge in [-0.3, -0.25) is 0 Å². The third kappa shape index (κ3) is 4.13. The maximum absolute atomic E-state index is 5.77. The molecule has 2 aromatic rings. The third-order valence-electron chi connectivity index (χ3n) is 3.38. The van der Waals surface area contributed by atoms with Gasteiger partial charge in [0, 0.05) is 19.3 Å². The Kier molecular flexibility index (Phi) is 5.46. The summed E-state index contributed by atoms with van der Waals surface area (Å²) in [5.74, 6) is 1.67. The normalized spacial score (nSPS) is 10.2. The van der Waals surface area contributed by atoms with Crippen molar-refractivity contribution in [1.82, 2.24) is 0 Å². The zero-order chi connectivity index (χ0) is 15.1. The van der Waals surface area contributed by atoms with Crippen molar-refractivity contribution < 1.29 is 9.47 Å². The molecule has 0 aliphatic rings. The Hall–Kier alpha value is -2.20. The summed E-state index contributed by atoms with van der Waals surface area (Å²) in [6.07, 6.45) is 0. The molecule has 0 unspecified atom stereocenters. The number of rotatable bonds is 7. The van der Waals surface area contributed by atoms with Gasteiger partial charge in [-0.2, -0.15) is 0 Å². The maximum Gasteiger partial charge on any atom is 0.119 e. The fraction of sp³-hybridized carbons (Fsp3) is 0.294. The van der Waals surface area contributed by atoms with E-state index >= 15 is 0 Å². The molecule has 2 N–H and O–H groups in total. The van der Waals surface area contributed by atoms with Gasteiger partial charge in [-0.1, -0.05) is 18.2 Å². The van der Waals surface area contributed by atoms with Crippen molar-refractivity contribution in [2.24, 2.45) is 5.73 Å². The minimum Gasteiger partial charge on any atom is -0.497 e. The molecule has 0 bridgehead atoms. The van der Waals surface area contributed by atoms with Gasteiger partial charge in [0.15, 0.2) is 0 Å². The van der Waals surface area contributed by atoms with E-state index in [0.29, 0.717) is 13.2 Å². The van der Waals surface area contributed by atoms with Crippen LogP contribution in [0.2, 0.25) is 0 Å². The van der Waals surface area contributed by atoms with Crippen LogP contribution in [0.25, 0.3) is 0 Å². The van der Waals surface area contributed by atoms with Crippen LogP contribution in [0.4, 0.5) is 5.69 Å². The predicted octanol–water partition coefficient (Wildman–Crippen LogP) is 2.67. The van der Waals surface area contributed by atoms with Gasteiger partial charge < -0.3 is 20.1 Å². The molecule has 112 valence electrons. The first kappa shape index (κ1) is 15.2. The Labute approximate surface area is 126 Å². The Morgan fingerprint density at radius 2 is 1.67 bits per heavy atom. The molecule has 0 aromatic heterocycles. The van der Waals surface area contributed by atoms with Gasteiger partial charge >= 0.3 is 0 Å². The summed E-state index contributed by atoms with van der Waals surface area (Å²) < 4.78 is 10.9. The van der Waals surface area contributed by atoms with Gasteiger partial charge in [0.1, 0.15) is 18.1 Å². The second-order valence-corrected chi connectivity index (χ2v) is 4.78. The fourth-order valence-electron chi connectivity index (χ4n) is 2.15. The van der Waals surface area contributed by atoms with E-state index in [9.17, 15) is 0 Å². The van der Waals surface area contributed by atoms with Crippen molar-refractivity contribution in [3.8, 4) is 11.5 Å². The lowest BCUT2D eigenvalue weighted by Crippen LogP contribution is -2.25. The van der Waals surface area contributed by atoms with E-state index in [0.717, 1.165) is 29.3 Å². The number of benzene rings is 2. The summed E-state index contributed by atoms with van der Waals surface area (Å²) in [5, 5.41) is 0. The van der Waals surface area contributed by atoms with Crippen molar-refractivity contribution in [1.29, 1.82) is 0 Å². The summed E-state index contributed by atoms with van der Waals surface area (Å²) in [4.78, 5) is 2.16. The SMILES string of the molecule is COc1ccc(OCCN(C)c2ccccc2CN)cc1. The molecule has 2 aromatic carbocycles. The van der Waals surface area contributed by atoms with Crippen LogP contribution in [0.5, 0.6) is 11.5 Å². The second kappa shape index (κ2) is 7.55. The monoisotopic (exact) mass is 286 g/mol. The highest BCUT2D eigenvalue weighted by atomic mass is 16.5. The lowest BCUT2D eigenvalue weighted by molar-refractivity contribution is 0.325. The predicted molar refractivity (Wildman–Crippen MR) is 86.1 cm³/mol. The number of methoxy groups -OCH3 is 1. The molecule has 0 saturated carbocycles. The van der Waals surface area contributed by atoms with Crippen LogP contribution in [-0.4, -0.2) is 27.3 Å². The molecule has 0 fully saturated rings. The summed E-state index contributed by atoms with van der Waals surface area (Å²) in [7, 11) is 3.70. The largest absolute Gasteiger partial charge is 0.497 e. The van der Waals surface area contributed by atoms with Crippen LogP contribution in [0, 0.1) is 0 Å². The molecular weight excluding hydrogens is 264 g/mol. The highest BCUT2D eigenvalue weighted by molar-refractivity contribution is 5.52. The zero-order valence-corrected chi connectivity index (χ0v) is 12.6. The minimum atomic E-state index is 0.542. The van der Waals surface area contributed by atoms with Crippen LogP contribution in [0.1, 0.15) is 5.56 Å². The van der Waals surface area contributed by atoms with Gasteiger partial charge in [-0.25, -0.2) is 0 Å². The average molecular weight is 286 g/mol. The molecule has 0 radical (unpaired) electrons. The van der Waals surface area contributed by atoms with Gasteiger partial charge in [0.25, 0.3) is 0 Å². The Balaban J connectivity index is 1.87. The maximum atomic E-state index is 5.77. The highest BCUT2D eigenvalue weighted by Crippen LogP contribution is 2.19. The quantitative estimate of drug-likeness (QED) is 0.850. The third-order valence-corrected chi connectivity index (χ3v) is 3.38. The molecule has 2 rings (SSSR count). The number of nitrogens with zero attached hydrogens (tertiary/aromatic N) is 1. The van der Waals surface area contributed by atoms with E-state index in [4.69, 9.17) is 15.2 Å². The summed E-state index contributed by atoms with van der Waals surface area (Å²) >= 11 is 0. The molecule has 0 atom stereocenters. The number of anilines is 1. The van der Waals surface area contributed by atoms with E-state index in [2.05, 4.69) is 17.0 Å². The molecule has 0 spiro atoms. The van der Waals surface area contributed by atoms with Crippen LogP contribution in [0.3, 0.4) is 0 Å². The van der Waals surface area contributed by atoms with Crippen molar-refractivity contribution in [3.63, 3.8) is 0 Å². The molecule has 0 aliphatic heterocycles. The van der Waals surface area contributed by atoms with Crippen molar-refractivity contribution in [3.05, 3.63) is 54.1 Å². The number of hydrogen-bond donors (Lipinski definition) is 1. The standard InChI is InChI=1S/C17H22N2O2/c1-19(17-6-4-3-5-14(17)13-18)11-12-21-16-9-7-15(20-2)8-10-16/h3-10H,11-13,18H2,1-2H3. The average Bonchev–Trinajstić information content (AvgIpc) is 2.55. The van der Waals surface area contributed by atoms with E-state index in [-0.39, 0.29) is 0 Å². The molecule has 0 aliphatic carbocycles. The van der Waals surface area contributed by atoms with Gasteiger partial charge in [0.05, 0.1) is 13.7 Å². The number of hydrogen-bond acceptors (Lipinski definition) is 4. The van der Waals surface area contributed by atoms with E-state index in [1.807, 2.05) is 43.4 Å². The molecular formula is C17H22N2O2. The lowest BCUT2D eigenvalue weighted by Gasteiger charge is -2.22. The summed E-state index contributed by atoms with van der Waals surface area (Å²) in [6, 6.07) is 15.8. The van der Waals surface area contributed by atoms with Crippen molar-refractivity contribution in [2.75, 3.05) is 32.2 Å². The number of ether oxygens (including phenoxy) is 2. The van der Waals surface area contributed by atoms with E-state index in [1.54, 1.807) is 7.11 Å². The van der Waals surface area contributed by atoms with Gasteiger partial charge in [0.2, 0.25) is 0 Å². The highest BCUT2D eigenvalue weighted by Gasteiger charge is 2.05. The second-order valence-electron chi connectivity index (χ2n) is 4.78. The topological polar surface area (TPSA) is 47.7 Å². The molecule has 21 heavy (non-hydrogen) atoms. The van der Waals surface area contributed by atoms with E-state index in [1.165, 1.54) is 0 Å². The van der Waals surface area contributed by atoms with Crippen LogP contribution >= 0.6 is 0 Å². The summed E-state index contributed by atoms with van der Waals surface area (Å²) in [6.45, 7) is 1.95. The van der Waals surface area contributed by atoms with Crippen LogP contribution < -0.4 is 20.1 Å². The molecule has 0 amide bonds.